The van der Waals surface area contributed by atoms with Crippen molar-refractivity contribution in [3.63, 3.8) is 0 Å². The summed E-state index contributed by atoms with van der Waals surface area (Å²) in [6.07, 6.45) is 3.51. The maximum Gasteiger partial charge on any atom is 0.209 e. The first kappa shape index (κ1) is 15.6. The average Bonchev–Trinajstić information content (AvgIpc) is 2.44. The fraction of sp³-hybridized carbons (Fsp3) is 0.400. The van der Waals surface area contributed by atoms with E-state index in [1.165, 1.54) is 19.7 Å². The second-order valence-electron chi connectivity index (χ2n) is 5.13. The Morgan fingerprint density at radius 2 is 2.00 bits per heavy atom. The normalized spacial score (nSPS) is 17.2. The number of rotatable bonds is 5. The zero-order chi connectivity index (χ0) is 15.5. The zero-order valence-corrected chi connectivity index (χ0v) is 13.2. The van der Waals surface area contributed by atoms with Crippen LogP contribution in [0.3, 0.4) is 0 Å². The van der Waals surface area contributed by atoms with Gasteiger partial charge in [-0.3, -0.25) is 4.99 Å². The first-order valence-electron chi connectivity index (χ1n) is 6.97. The van der Waals surface area contributed by atoms with Crippen LogP contribution < -0.4 is 10.6 Å². The van der Waals surface area contributed by atoms with E-state index in [1.807, 2.05) is 12.1 Å². The van der Waals surface area contributed by atoms with Gasteiger partial charge in [0.25, 0.3) is 0 Å². The highest BCUT2D eigenvalue weighted by Gasteiger charge is 2.25. The molecular weight excluding hydrogens is 286 g/mol. The topological polar surface area (TPSA) is 75.8 Å². The Kier molecular flexibility index (Phi) is 4.67. The second kappa shape index (κ2) is 6.30. The summed E-state index contributed by atoms with van der Waals surface area (Å²) in [5.41, 5.74) is 6.44. The van der Waals surface area contributed by atoms with Gasteiger partial charge in [0.05, 0.1) is 4.90 Å². The summed E-state index contributed by atoms with van der Waals surface area (Å²) >= 11 is 0. The lowest BCUT2D eigenvalue weighted by Crippen LogP contribution is -2.46. The van der Waals surface area contributed by atoms with Gasteiger partial charge in [0.1, 0.15) is 4.91 Å². The highest BCUT2D eigenvalue weighted by Crippen LogP contribution is 2.28. The molecule has 0 spiro atoms. The number of aliphatic imine (C=N–C) groups is 1. The van der Waals surface area contributed by atoms with Gasteiger partial charge >= 0.3 is 0 Å². The van der Waals surface area contributed by atoms with Gasteiger partial charge in [0.2, 0.25) is 9.84 Å². The quantitative estimate of drug-likeness (QED) is 0.842. The van der Waals surface area contributed by atoms with Crippen LogP contribution in [0, 0.1) is 5.92 Å². The van der Waals surface area contributed by atoms with Gasteiger partial charge in [-0.2, -0.15) is 0 Å². The van der Waals surface area contributed by atoms with Gasteiger partial charge in [-0.05, 0) is 36.6 Å². The van der Waals surface area contributed by atoms with Crippen LogP contribution in [-0.4, -0.2) is 34.8 Å². The summed E-state index contributed by atoms with van der Waals surface area (Å²) in [6.45, 7) is 4.27. The number of hydrogen-bond acceptors (Lipinski definition) is 5. The second-order valence-corrected chi connectivity index (χ2v) is 7.08. The Labute approximate surface area is 126 Å². The number of nitrogens with zero attached hydrogens (tertiary/aromatic N) is 2. The molecule has 0 atom stereocenters. The van der Waals surface area contributed by atoms with Gasteiger partial charge in [0, 0.05) is 38.2 Å². The minimum Gasteiger partial charge on any atom is -0.403 e. The van der Waals surface area contributed by atoms with Crippen LogP contribution in [0.15, 0.2) is 45.3 Å². The van der Waals surface area contributed by atoms with Crippen molar-refractivity contribution in [1.82, 2.24) is 0 Å². The SMILES string of the molecule is CCC1CN(c2ccc(S(=O)(=O)C(C=NC)=CN)cc2)C1. The fourth-order valence-electron chi connectivity index (χ4n) is 2.34. The predicted octanol–water partition coefficient (Wildman–Crippen LogP) is 1.81. The van der Waals surface area contributed by atoms with E-state index < -0.39 is 9.84 Å². The number of nitrogens with two attached hydrogens (primary N) is 1. The third-order valence-corrected chi connectivity index (χ3v) is 5.53. The summed E-state index contributed by atoms with van der Waals surface area (Å²) in [4.78, 5) is 6.21. The van der Waals surface area contributed by atoms with E-state index in [0.29, 0.717) is 0 Å². The maximum absolute atomic E-state index is 12.4. The van der Waals surface area contributed by atoms with E-state index in [1.54, 1.807) is 12.1 Å². The van der Waals surface area contributed by atoms with Crippen LogP contribution in [0.2, 0.25) is 0 Å². The Hall–Kier alpha value is -1.82. The molecule has 21 heavy (non-hydrogen) atoms. The number of benzene rings is 1. The standard InChI is InChI=1S/C15H21N3O2S/c1-3-12-10-18(11-12)13-4-6-14(7-5-13)21(19,20)15(8-16)9-17-2/h4-9,12H,3,10-11,16H2,1-2H3. The summed E-state index contributed by atoms with van der Waals surface area (Å²) in [6, 6.07) is 6.93. The molecule has 2 N–H and O–H groups in total. The molecule has 114 valence electrons. The molecule has 1 fully saturated rings. The van der Waals surface area contributed by atoms with E-state index >= 15 is 0 Å². The maximum atomic E-state index is 12.4. The van der Waals surface area contributed by atoms with Crippen molar-refractivity contribution in [2.45, 2.75) is 18.2 Å². The van der Waals surface area contributed by atoms with Crippen molar-refractivity contribution in [2.75, 3.05) is 25.0 Å². The molecule has 0 unspecified atom stereocenters. The summed E-state index contributed by atoms with van der Waals surface area (Å²) in [5.74, 6) is 0.751. The number of allylic oxidation sites excluding steroid dienone is 1. The van der Waals surface area contributed by atoms with Crippen LogP contribution in [-0.2, 0) is 9.84 Å². The molecule has 1 aliphatic heterocycles. The molecule has 0 aliphatic carbocycles. The zero-order valence-electron chi connectivity index (χ0n) is 12.4. The first-order valence-corrected chi connectivity index (χ1v) is 8.45. The third-order valence-electron chi connectivity index (χ3n) is 3.78. The van der Waals surface area contributed by atoms with Gasteiger partial charge in [-0.25, -0.2) is 8.42 Å². The molecule has 1 aromatic carbocycles. The van der Waals surface area contributed by atoms with Crippen molar-refractivity contribution >= 4 is 21.7 Å². The molecule has 2 rings (SSSR count). The fourth-order valence-corrected chi connectivity index (χ4v) is 3.53. The van der Waals surface area contributed by atoms with Gasteiger partial charge in [-0.15, -0.1) is 0 Å². The molecule has 5 nitrogen and oxygen atoms in total. The van der Waals surface area contributed by atoms with E-state index in [4.69, 9.17) is 5.73 Å². The molecule has 0 aromatic heterocycles. The van der Waals surface area contributed by atoms with Crippen molar-refractivity contribution in [2.24, 2.45) is 16.6 Å². The highest BCUT2D eigenvalue weighted by atomic mass is 32.2. The van der Waals surface area contributed by atoms with Crippen LogP contribution in [0.5, 0.6) is 0 Å². The lowest BCUT2D eigenvalue weighted by Gasteiger charge is -2.40. The van der Waals surface area contributed by atoms with Crippen LogP contribution in [0.25, 0.3) is 0 Å². The van der Waals surface area contributed by atoms with Gasteiger partial charge in [-0.1, -0.05) is 6.92 Å². The molecule has 0 amide bonds. The molecule has 1 aliphatic rings. The number of hydrogen-bond donors (Lipinski definition) is 1. The first-order chi connectivity index (χ1) is 10.0. The Morgan fingerprint density at radius 1 is 1.38 bits per heavy atom. The van der Waals surface area contributed by atoms with Crippen molar-refractivity contribution < 1.29 is 8.42 Å². The predicted molar refractivity (Wildman–Crippen MR) is 86.3 cm³/mol. The van der Waals surface area contributed by atoms with Crippen molar-refractivity contribution in [3.8, 4) is 0 Å². The van der Waals surface area contributed by atoms with Gasteiger partial charge < -0.3 is 10.6 Å². The van der Waals surface area contributed by atoms with E-state index in [2.05, 4.69) is 16.8 Å². The average molecular weight is 307 g/mol. The monoisotopic (exact) mass is 307 g/mol. The molecule has 0 bridgehead atoms. The van der Waals surface area contributed by atoms with Crippen molar-refractivity contribution in [1.29, 1.82) is 0 Å². The Balaban J connectivity index is 2.19. The van der Waals surface area contributed by atoms with Crippen LogP contribution in [0.1, 0.15) is 13.3 Å². The summed E-state index contributed by atoms with van der Waals surface area (Å²) in [5, 5.41) is 0. The summed E-state index contributed by atoms with van der Waals surface area (Å²) in [7, 11) is -2.08. The minimum absolute atomic E-state index is 0.00717. The summed E-state index contributed by atoms with van der Waals surface area (Å²) < 4.78 is 24.7. The van der Waals surface area contributed by atoms with Crippen LogP contribution in [0.4, 0.5) is 5.69 Å². The Morgan fingerprint density at radius 3 is 2.48 bits per heavy atom. The number of sulfone groups is 1. The van der Waals surface area contributed by atoms with E-state index in [9.17, 15) is 8.42 Å². The lowest BCUT2D eigenvalue weighted by molar-refractivity contribution is 0.399. The largest absolute Gasteiger partial charge is 0.403 e. The molecule has 0 saturated carbocycles. The highest BCUT2D eigenvalue weighted by molar-refractivity contribution is 7.96. The molecule has 0 radical (unpaired) electrons. The lowest BCUT2D eigenvalue weighted by atomic mass is 9.97. The van der Waals surface area contributed by atoms with E-state index in [0.717, 1.165) is 30.9 Å². The van der Waals surface area contributed by atoms with Crippen LogP contribution >= 0.6 is 0 Å². The smallest absolute Gasteiger partial charge is 0.209 e. The molecule has 1 heterocycles. The van der Waals surface area contributed by atoms with E-state index in [-0.39, 0.29) is 9.80 Å². The molecule has 1 saturated heterocycles. The van der Waals surface area contributed by atoms with Crippen molar-refractivity contribution in [3.05, 3.63) is 35.4 Å². The minimum atomic E-state index is -3.59. The Bertz CT molecular complexity index is 642. The molecular formula is C15H21N3O2S. The molecule has 1 aromatic rings. The third kappa shape index (κ3) is 3.10. The number of anilines is 1. The van der Waals surface area contributed by atoms with Gasteiger partial charge in [0.15, 0.2) is 0 Å². The molecule has 6 heteroatoms.